The standard InChI is InChI=1S/C24H28N2O/c27-24(23-13-12-21-10-4-5-11-22(21)15-23)26(17-19-7-2-1-3-8-19)18-20-9-6-14-25-16-20/h1-2,4-6,9-11,14,16,19,23H,3,7-8,12-13,15,17-18H2/t19-,23-/m1/s1. The van der Waals surface area contributed by atoms with Crippen LogP contribution in [-0.2, 0) is 24.2 Å². The van der Waals surface area contributed by atoms with Gasteiger partial charge in [-0.1, -0.05) is 42.5 Å². The molecule has 3 nitrogen and oxygen atoms in total. The first-order chi connectivity index (χ1) is 13.3. The first kappa shape index (κ1) is 18.0. The maximum atomic E-state index is 13.5. The van der Waals surface area contributed by atoms with Crippen LogP contribution in [0.1, 0.15) is 42.4 Å². The summed E-state index contributed by atoms with van der Waals surface area (Å²) in [5, 5.41) is 0. The lowest BCUT2D eigenvalue weighted by atomic mass is 9.83. The maximum absolute atomic E-state index is 13.5. The summed E-state index contributed by atoms with van der Waals surface area (Å²) in [5.74, 6) is 1.00. The van der Waals surface area contributed by atoms with Crippen LogP contribution in [0.5, 0.6) is 0 Å². The van der Waals surface area contributed by atoms with Crippen molar-refractivity contribution in [2.24, 2.45) is 11.8 Å². The van der Waals surface area contributed by atoms with Crippen molar-refractivity contribution in [2.45, 2.75) is 45.1 Å². The van der Waals surface area contributed by atoms with Crippen molar-refractivity contribution in [3.63, 3.8) is 0 Å². The molecule has 140 valence electrons. The van der Waals surface area contributed by atoms with Crippen LogP contribution in [-0.4, -0.2) is 22.3 Å². The topological polar surface area (TPSA) is 33.2 Å². The fraction of sp³-hybridized carbons (Fsp3) is 0.417. The van der Waals surface area contributed by atoms with Gasteiger partial charge >= 0.3 is 0 Å². The van der Waals surface area contributed by atoms with Crippen LogP contribution < -0.4 is 0 Å². The summed E-state index contributed by atoms with van der Waals surface area (Å²) in [6.45, 7) is 1.53. The van der Waals surface area contributed by atoms with Gasteiger partial charge in [-0.25, -0.2) is 0 Å². The van der Waals surface area contributed by atoms with E-state index in [1.807, 2.05) is 12.3 Å². The molecule has 27 heavy (non-hydrogen) atoms. The summed E-state index contributed by atoms with van der Waals surface area (Å²) >= 11 is 0. The Kier molecular flexibility index (Phi) is 5.66. The van der Waals surface area contributed by atoms with Gasteiger partial charge in [0.25, 0.3) is 0 Å². The number of carbonyl (C=O) groups is 1. The molecule has 1 aromatic heterocycles. The van der Waals surface area contributed by atoms with Gasteiger partial charge in [0, 0.05) is 31.4 Å². The number of rotatable bonds is 5. The van der Waals surface area contributed by atoms with Crippen LogP contribution in [0.2, 0.25) is 0 Å². The Hall–Kier alpha value is -2.42. The first-order valence-electron chi connectivity index (χ1n) is 10.2. The molecule has 2 aliphatic carbocycles. The average molecular weight is 361 g/mol. The molecule has 1 aromatic carbocycles. The van der Waals surface area contributed by atoms with E-state index in [2.05, 4.69) is 52.4 Å². The van der Waals surface area contributed by atoms with Crippen molar-refractivity contribution in [2.75, 3.05) is 6.54 Å². The van der Waals surface area contributed by atoms with Gasteiger partial charge in [-0.15, -0.1) is 0 Å². The predicted octanol–water partition coefficient (Wildman–Crippen LogP) is 4.57. The Bertz CT molecular complexity index is 799. The fourth-order valence-corrected chi connectivity index (χ4v) is 4.45. The number of pyridine rings is 1. The first-order valence-corrected chi connectivity index (χ1v) is 10.2. The van der Waals surface area contributed by atoms with Crippen molar-refractivity contribution in [3.05, 3.63) is 77.6 Å². The zero-order valence-corrected chi connectivity index (χ0v) is 15.9. The molecule has 0 saturated heterocycles. The molecule has 2 atom stereocenters. The van der Waals surface area contributed by atoms with Crippen molar-refractivity contribution >= 4 is 5.91 Å². The molecule has 0 N–H and O–H groups in total. The lowest BCUT2D eigenvalue weighted by molar-refractivity contribution is -0.137. The summed E-state index contributed by atoms with van der Waals surface area (Å²) in [7, 11) is 0. The lowest BCUT2D eigenvalue weighted by Gasteiger charge is -2.33. The molecule has 1 amide bonds. The molecular weight excluding hydrogens is 332 g/mol. The monoisotopic (exact) mass is 360 g/mol. The lowest BCUT2D eigenvalue weighted by Crippen LogP contribution is -2.41. The Morgan fingerprint density at radius 2 is 1.96 bits per heavy atom. The van der Waals surface area contributed by atoms with E-state index >= 15 is 0 Å². The molecular formula is C24H28N2O. The van der Waals surface area contributed by atoms with Gasteiger partial charge in [-0.3, -0.25) is 9.78 Å². The number of aryl methyl sites for hydroxylation is 1. The fourth-order valence-electron chi connectivity index (χ4n) is 4.45. The molecule has 0 spiro atoms. The van der Waals surface area contributed by atoms with Crippen molar-refractivity contribution in [1.29, 1.82) is 0 Å². The van der Waals surface area contributed by atoms with Gasteiger partial charge in [0.1, 0.15) is 0 Å². The number of allylic oxidation sites excluding steroid dienone is 2. The minimum atomic E-state index is 0.107. The van der Waals surface area contributed by atoms with Crippen LogP contribution >= 0.6 is 0 Å². The van der Waals surface area contributed by atoms with Crippen LogP contribution in [0.4, 0.5) is 0 Å². The second kappa shape index (κ2) is 8.51. The average Bonchev–Trinajstić information content (AvgIpc) is 2.74. The van der Waals surface area contributed by atoms with E-state index in [9.17, 15) is 4.79 Å². The summed E-state index contributed by atoms with van der Waals surface area (Å²) in [6.07, 6.45) is 14.5. The molecule has 1 heterocycles. The summed E-state index contributed by atoms with van der Waals surface area (Å²) in [4.78, 5) is 19.8. The summed E-state index contributed by atoms with van der Waals surface area (Å²) in [6, 6.07) is 12.6. The molecule has 0 radical (unpaired) electrons. The van der Waals surface area contributed by atoms with Gasteiger partial charge in [0.05, 0.1) is 0 Å². The van der Waals surface area contributed by atoms with Gasteiger partial charge in [0.15, 0.2) is 0 Å². The normalized spacial score (nSPS) is 21.5. The SMILES string of the molecule is O=C([C@@H]1CCc2ccccc2C1)N(Cc1cccnc1)C[C@@H]1CC=CCC1. The third kappa shape index (κ3) is 4.47. The molecule has 2 aliphatic rings. The number of hydrogen-bond acceptors (Lipinski definition) is 2. The van der Waals surface area contributed by atoms with Crippen LogP contribution in [0, 0.1) is 11.8 Å². The summed E-state index contributed by atoms with van der Waals surface area (Å²) < 4.78 is 0. The number of carbonyl (C=O) groups excluding carboxylic acids is 1. The number of benzene rings is 1. The zero-order chi connectivity index (χ0) is 18.5. The van der Waals surface area contributed by atoms with E-state index in [0.29, 0.717) is 18.4 Å². The number of nitrogens with zero attached hydrogens (tertiary/aromatic N) is 2. The highest BCUT2D eigenvalue weighted by molar-refractivity contribution is 5.79. The highest BCUT2D eigenvalue weighted by Crippen LogP contribution is 2.28. The molecule has 4 rings (SSSR count). The second-order valence-electron chi connectivity index (χ2n) is 7.94. The van der Waals surface area contributed by atoms with Crippen molar-refractivity contribution in [1.82, 2.24) is 9.88 Å². The Morgan fingerprint density at radius 1 is 1.07 bits per heavy atom. The van der Waals surface area contributed by atoms with Crippen LogP contribution in [0.15, 0.2) is 60.9 Å². The third-order valence-electron chi connectivity index (χ3n) is 5.96. The van der Waals surface area contributed by atoms with Crippen LogP contribution in [0.25, 0.3) is 0 Å². The Labute approximate surface area is 162 Å². The predicted molar refractivity (Wildman–Crippen MR) is 108 cm³/mol. The molecule has 0 aliphatic heterocycles. The number of aromatic nitrogens is 1. The Balaban J connectivity index is 1.50. The molecule has 0 fully saturated rings. The van der Waals surface area contributed by atoms with E-state index < -0.39 is 0 Å². The maximum Gasteiger partial charge on any atom is 0.226 e. The van der Waals surface area contributed by atoms with Gasteiger partial charge in [-0.05, 0) is 67.2 Å². The number of hydrogen-bond donors (Lipinski definition) is 0. The minimum absolute atomic E-state index is 0.107. The van der Waals surface area contributed by atoms with Gasteiger partial charge in [-0.2, -0.15) is 0 Å². The van der Waals surface area contributed by atoms with Gasteiger partial charge in [0.2, 0.25) is 5.91 Å². The highest BCUT2D eigenvalue weighted by atomic mass is 16.2. The molecule has 0 bridgehead atoms. The quantitative estimate of drug-likeness (QED) is 0.732. The largest absolute Gasteiger partial charge is 0.338 e. The van der Waals surface area contributed by atoms with E-state index in [1.54, 1.807) is 6.20 Å². The number of fused-ring (bicyclic) bond motifs is 1. The smallest absolute Gasteiger partial charge is 0.226 e. The zero-order valence-electron chi connectivity index (χ0n) is 15.9. The van der Waals surface area contributed by atoms with E-state index in [0.717, 1.165) is 44.2 Å². The molecule has 0 unspecified atom stereocenters. The van der Waals surface area contributed by atoms with E-state index in [-0.39, 0.29) is 5.92 Å². The van der Waals surface area contributed by atoms with Crippen molar-refractivity contribution in [3.8, 4) is 0 Å². The van der Waals surface area contributed by atoms with Crippen LogP contribution in [0.3, 0.4) is 0 Å². The minimum Gasteiger partial charge on any atom is -0.338 e. The second-order valence-corrected chi connectivity index (χ2v) is 7.94. The van der Waals surface area contributed by atoms with Gasteiger partial charge < -0.3 is 4.90 Å². The third-order valence-corrected chi connectivity index (χ3v) is 5.96. The highest BCUT2D eigenvalue weighted by Gasteiger charge is 2.29. The molecule has 0 saturated carbocycles. The number of amides is 1. The van der Waals surface area contributed by atoms with E-state index in [4.69, 9.17) is 0 Å². The van der Waals surface area contributed by atoms with Crippen molar-refractivity contribution < 1.29 is 4.79 Å². The van der Waals surface area contributed by atoms with E-state index in [1.165, 1.54) is 17.5 Å². The molecule has 2 aromatic rings. The molecule has 3 heteroatoms. The Morgan fingerprint density at radius 3 is 2.74 bits per heavy atom. The summed E-state index contributed by atoms with van der Waals surface area (Å²) in [5.41, 5.74) is 3.88.